The van der Waals surface area contributed by atoms with Gasteiger partial charge in [0.05, 0.1) is 13.2 Å². The fraction of sp³-hybridized carbons (Fsp3) is 0.474. The molecule has 25 heavy (non-hydrogen) atoms. The minimum absolute atomic E-state index is 0.619. The van der Waals surface area contributed by atoms with Crippen LogP contribution >= 0.6 is 11.3 Å². The number of rotatable bonds is 10. The molecule has 0 unspecified atom stereocenters. The number of nitrogens with zero attached hydrogens (tertiary/aromatic N) is 2. The van der Waals surface area contributed by atoms with Gasteiger partial charge in [0.25, 0.3) is 0 Å². The van der Waals surface area contributed by atoms with Crippen LogP contribution in [0.25, 0.3) is 0 Å². The maximum Gasteiger partial charge on any atom is 0.191 e. The summed E-state index contributed by atoms with van der Waals surface area (Å²) >= 11 is 1.69. The van der Waals surface area contributed by atoms with E-state index in [9.17, 15) is 0 Å². The number of aromatic nitrogens is 1. The average Bonchev–Trinajstić information content (AvgIpc) is 3.05. The SMILES string of the molecule is CCNC(=NCc1ncc(C)s1)NCCCCOCc1ccccc1. The summed E-state index contributed by atoms with van der Waals surface area (Å²) < 4.78 is 5.70. The van der Waals surface area contributed by atoms with Crippen molar-refractivity contribution in [1.29, 1.82) is 0 Å². The fourth-order valence-corrected chi connectivity index (χ4v) is 2.97. The van der Waals surface area contributed by atoms with Gasteiger partial charge in [-0.2, -0.15) is 0 Å². The number of guanidine groups is 1. The third kappa shape index (κ3) is 8.14. The molecular formula is C19H28N4OS. The molecule has 2 aromatic rings. The lowest BCUT2D eigenvalue weighted by Gasteiger charge is -2.11. The minimum Gasteiger partial charge on any atom is -0.377 e. The maximum atomic E-state index is 5.70. The Morgan fingerprint density at radius 2 is 2.04 bits per heavy atom. The summed E-state index contributed by atoms with van der Waals surface area (Å²) in [5, 5.41) is 7.68. The van der Waals surface area contributed by atoms with Crippen molar-refractivity contribution >= 4 is 17.3 Å². The Hall–Kier alpha value is -1.92. The molecule has 5 nitrogen and oxygen atoms in total. The summed E-state index contributed by atoms with van der Waals surface area (Å²) in [6.45, 7) is 7.96. The van der Waals surface area contributed by atoms with Gasteiger partial charge in [-0.1, -0.05) is 30.3 Å². The molecule has 136 valence electrons. The van der Waals surface area contributed by atoms with Gasteiger partial charge in [-0.05, 0) is 32.3 Å². The van der Waals surface area contributed by atoms with E-state index in [0.717, 1.165) is 43.5 Å². The lowest BCUT2D eigenvalue weighted by molar-refractivity contribution is 0.117. The lowest BCUT2D eigenvalue weighted by Crippen LogP contribution is -2.37. The fourth-order valence-electron chi connectivity index (χ4n) is 2.26. The number of aryl methyl sites for hydroxylation is 1. The molecule has 0 aliphatic rings. The first-order valence-corrected chi connectivity index (χ1v) is 9.64. The van der Waals surface area contributed by atoms with Crippen LogP contribution in [-0.2, 0) is 17.9 Å². The zero-order chi connectivity index (χ0) is 17.7. The van der Waals surface area contributed by atoms with E-state index in [1.54, 1.807) is 11.3 Å². The highest BCUT2D eigenvalue weighted by Crippen LogP contribution is 2.11. The summed E-state index contributed by atoms with van der Waals surface area (Å²) in [5.74, 6) is 0.848. The van der Waals surface area contributed by atoms with E-state index < -0.39 is 0 Å². The van der Waals surface area contributed by atoms with E-state index in [1.165, 1.54) is 10.4 Å². The second-order valence-corrected chi connectivity index (χ2v) is 7.05. The molecule has 1 aromatic heterocycles. The van der Waals surface area contributed by atoms with E-state index in [2.05, 4.69) is 46.6 Å². The van der Waals surface area contributed by atoms with E-state index in [4.69, 9.17) is 4.74 Å². The number of thiazole rings is 1. The standard InChI is InChI=1S/C19H28N4OS/c1-3-20-19(23-14-18-22-13-16(2)25-18)21-11-7-8-12-24-15-17-9-5-4-6-10-17/h4-6,9-10,13H,3,7-8,11-12,14-15H2,1-2H3,(H2,20,21,23). The van der Waals surface area contributed by atoms with Crippen LogP contribution in [0.15, 0.2) is 41.5 Å². The average molecular weight is 361 g/mol. The van der Waals surface area contributed by atoms with Gasteiger partial charge in [0.1, 0.15) is 5.01 Å². The molecule has 6 heteroatoms. The summed E-state index contributed by atoms with van der Waals surface area (Å²) in [4.78, 5) is 10.1. The Bertz CT molecular complexity index is 627. The van der Waals surface area contributed by atoms with Crippen LogP contribution < -0.4 is 10.6 Å². The van der Waals surface area contributed by atoms with E-state index in [1.807, 2.05) is 24.4 Å². The monoisotopic (exact) mass is 360 g/mol. The summed E-state index contributed by atoms with van der Waals surface area (Å²) in [7, 11) is 0. The van der Waals surface area contributed by atoms with Crippen molar-refractivity contribution in [1.82, 2.24) is 15.6 Å². The van der Waals surface area contributed by atoms with Gasteiger partial charge in [0.2, 0.25) is 0 Å². The Kier molecular flexibility index (Phi) is 9.01. The number of hydrogen-bond acceptors (Lipinski definition) is 4. The van der Waals surface area contributed by atoms with Gasteiger partial charge in [0.15, 0.2) is 5.96 Å². The summed E-state index contributed by atoms with van der Waals surface area (Å²) in [6, 6.07) is 10.3. The third-order valence-corrected chi connectivity index (χ3v) is 4.40. The van der Waals surface area contributed by atoms with Gasteiger partial charge in [0, 0.05) is 30.8 Å². The molecule has 0 amide bonds. The van der Waals surface area contributed by atoms with Crippen molar-refractivity contribution in [3.8, 4) is 0 Å². The molecule has 0 saturated heterocycles. The van der Waals surface area contributed by atoms with Crippen molar-refractivity contribution in [2.75, 3.05) is 19.7 Å². The minimum atomic E-state index is 0.619. The zero-order valence-corrected chi connectivity index (χ0v) is 15.9. The third-order valence-electron chi connectivity index (χ3n) is 3.51. The molecule has 0 fully saturated rings. The molecule has 0 spiro atoms. The molecule has 1 aromatic carbocycles. The Balaban J connectivity index is 1.59. The van der Waals surface area contributed by atoms with Gasteiger partial charge < -0.3 is 15.4 Å². The van der Waals surface area contributed by atoms with Crippen molar-refractivity contribution in [2.45, 2.75) is 39.8 Å². The number of unbranched alkanes of at least 4 members (excludes halogenated alkanes) is 1. The largest absolute Gasteiger partial charge is 0.377 e. The first-order chi connectivity index (χ1) is 12.3. The topological polar surface area (TPSA) is 58.5 Å². The van der Waals surface area contributed by atoms with Gasteiger partial charge in [-0.15, -0.1) is 11.3 Å². The second-order valence-electron chi connectivity index (χ2n) is 5.73. The van der Waals surface area contributed by atoms with Crippen molar-refractivity contribution in [2.24, 2.45) is 4.99 Å². The number of benzene rings is 1. The lowest BCUT2D eigenvalue weighted by atomic mass is 10.2. The molecule has 1 heterocycles. The van der Waals surface area contributed by atoms with Crippen LogP contribution in [0, 0.1) is 6.92 Å². The van der Waals surface area contributed by atoms with Crippen LogP contribution in [0.1, 0.15) is 35.2 Å². The maximum absolute atomic E-state index is 5.70. The number of ether oxygens (including phenoxy) is 1. The summed E-state index contributed by atoms with van der Waals surface area (Å²) in [6.07, 6.45) is 3.98. The van der Waals surface area contributed by atoms with Crippen molar-refractivity contribution < 1.29 is 4.74 Å². The molecule has 0 aliphatic heterocycles. The van der Waals surface area contributed by atoms with Gasteiger partial charge in [-0.3, -0.25) is 0 Å². The molecule has 0 aliphatic carbocycles. The normalized spacial score (nSPS) is 11.5. The Labute approximate surface area is 154 Å². The molecule has 2 rings (SSSR count). The first-order valence-electron chi connectivity index (χ1n) is 8.83. The van der Waals surface area contributed by atoms with E-state index in [-0.39, 0.29) is 0 Å². The number of aliphatic imine (C=N–C) groups is 1. The van der Waals surface area contributed by atoms with Crippen LogP contribution in [0.3, 0.4) is 0 Å². The van der Waals surface area contributed by atoms with Gasteiger partial charge in [-0.25, -0.2) is 9.98 Å². The van der Waals surface area contributed by atoms with Crippen LogP contribution in [-0.4, -0.2) is 30.6 Å². The van der Waals surface area contributed by atoms with Crippen molar-refractivity contribution in [3.05, 3.63) is 52.0 Å². The summed E-state index contributed by atoms with van der Waals surface area (Å²) in [5.41, 5.74) is 1.22. The molecule has 0 bridgehead atoms. The van der Waals surface area contributed by atoms with E-state index in [0.29, 0.717) is 13.2 Å². The molecule has 0 atom stereocenters. The Morgan fingerprint density at radius 3 is 2.76 bits per heavy atom. The molecule has 0 radical (unpaired) electrons. The molecule has 2 N–H and O–H groups in total. The van der Waals surface area contributed by atoms with Crippen molar-refractivity contribution in [3.63, 3.8) is 0 Å². The molecular weight excluding hydrogens is 332 g/mol. The number of hydrogen-bond donors (Lipinski definition) is 2. The quantitative estimate of drug-likeness (QED) is 0.387. The smallest absolute Gasteiger partial charge is 0.191 e. The van der Waals surface area contributed by atoms with Gasteiger partial charge >= 0.3 is 0 Å². The van der Waals surface area contributed by atoms with Crippen LogP contribution in [0.4, 0.5) is 0 Å². The van der Waals surface area contributed by atoms with E-state index >= 15 is 0 Å². The molecule has 0 saturated carbocycles. The number of nitrogens with one attached hydrogen (secondary N) is 2. The van der Waals surface area contributed by atoms with Crippen LogP contribution in [0.5, 0.6) is 0 Å². The highest BCUT2D eigenvalue weighted by atomic mass is 32.1. The highest BCUT2D eigenvalue weighted by Gasteiger charge is 2.00. The zero-order valence-electron chi connectivity index (χ0n) is 15.1. The predicted octanol–water partition coefficient (Wildman–Crippen LogP) is 3.50. The second kappa shape index (κ2) is 11.6. The van der Waals surface area contributed by atoms with Crippen LogP contribution in [0.2, 0.25) is 0 Å². The predicted molar refractivity (Wildman–Crippen MR) is 105 cm³/mol. The first kappa shape index (κ1) is 19.4. The Morgan fingerprint density at radius 1 is 1.20 bits per heavy atom. The highest BCUT2D eigenvalue weighted by molar-refractivity contribution is 7.11.